The van der Waals surface area contributed by atoms with Gasteiger partial charge in [0.05, 0.1) is 11.6 Å². The molecule has 37 heavy (non-hydrogen) atoms. The smallest absolute Gasteiger partial charge is 0.408 e. The van der Waals surface area contributed by atoms with E-state index in [1.807, 2.05) is 0 Å². The topological polar surface area (TPSA) is 106 Å². The average Bonchev–Trinajstić information content (AvgIpc) is 2.75. The number of aromatic nitrogens is 1. The Kier molecular flexibility index (Phi) is 10.8. The van der Waals surface area contributed by atoms with Crippen LogP contribution in [0.1, 0.15) is 45.2 Å². The highest BCUT2D eigenvalue weighted by Crippen LogP contribution is 2.38. The summed E-state index contributed by atoms with van der Waals surface area (Å²) in [6.07, 6.45) is -5.08. The second kappa shape index (κ2) is 12.9. The number of benzene rings is 1. The van der Waals surface area contributed by atoms with Crippen LogP contribution >= 0.6 is 23.2 Å². The Morgan fingerprint density at radius 2 is 1.76 bits per heavy atom. The van der Waals surface area contributed by atoms with Crippen molar-refractivity contribution in [3.05, 3.63) is 52.3 Å². The number of halogens is 5. The van der Waals surface area contributed by atoms with Crippen molar-refractivity contribution in [1.82, 2.24) is 10.3 Å². The maximum Gasteiger partial charge on any atom is 0.408 e. The van der Waals surface area contributed by atoms with Gasteiger partial charge in [-0.15, -0.1) is 0 Å². The molecule has 0 aliphatic heterocycles. The zero-order valence-electron chi connectivity index (χ0n) is 20.3. The lowest BCUT2D eigenvalue weighted by atomic mass is 9.99. The quantitative estimate of drug-likeness (QED) is 0.345. The number of nitrogens with one attached hydrogen (secondary N) is 1. The number of ether oxygens (including phenoxy) is 1. The van der Waals surface area contributed by atoms with Gasteiger partial charge in [-0.1, -0.05) is 35.3 Å². The summed E-state index contributed by atoms with van der Waals surface area (Å²) >= 11 is 12.0. The molecular weight excluding hydrogens is 556 g/mol. The van der Waals surface area contributed by atoms with Crippen LogP contribution in [-0.2, 0) is 20.3 Å². The number of carbonyl (C=O) groups excluding carboxylic acids is 1. The molecule has 0 spiro atoms. The number of amides is 1. The Balaban J connectivity index is 2.02. The van der Waals surface area contributed by atoms with E-state index >= 15 is 0 Å². The minimum absolute atomic E-state index is 0.223. The first-order valence-electron chi connectivity index (χ1n) is 11.1. The molecule has 0 bridgehead atoms. The van der Waals surface area contributed by atoms with Crippen molar-refractivity contribution in [2.24, 2.45) is 0 Å². The van der Waals surface area contributed by atoms with Crippen LogP contribution in [0.3, 0.4) is 0 Å². The number of alkyl halides is 3. The molecule has 2 rings (SSSR count). The van der Waals surface area contributed by atoms with Crippen molar-refractivity contribution in [3.8, 4) is 11.1 Å². The molecule has 1 heterocycles. The Morgan fingerprint density at radius 1 is 1.11 bits per heavy atom. The number of nitrogens with zero attached hydrogens (tertiary/aromatic N) is 1. The third-order valence-corrected chi connectivity index (χ3v) is 6.97. The van der Waals surface area contributed by atoms with Crippen molar-refractivity contribution in [1.29, 1.82) is 0 Å². The molecule has 0 radical (unpaired) electrons. The molecule has 1 amide bonds. The lowest BCUT2D eigenvalue weighted by Gasteiger charge is -2.22. The van der Waals surface area contributed by atoms with E-state index in [0.29, 0.717) is 21.2 Å². The van der Waals surface area contributed by atoms with E-state index in [0.717, 1.165) is 0 Å². The first-order valence-corrected chi connectivity index (χ1v) is 13.4. The zero-order valence-corrected chi connectivity index (χ0v) is 22.6. The molecular formula is C24H27Cl2F3N2O5S. The van der Waals surface area contributed by atoms with Gasteiger partial charge in [0, 0.05) is 49.7 Å². The summed E-state index contributed by atoms with van der Waals surface area (Å²) < 4.78 is 58.7. The number of carboxylic acids is 1. The van der Waals surface area contributed by atoms with Crippen LogP contribution < -0.4 is 5.32 Å². The second-order valence-electron chi connectivity index (χ2n) is 9.15. The van der Waals surface area contributed by atoms with Crippen LogP contribution in [0.15, 0.2) is 36.5 Å². The highest BCUT2D eigenvalue weighted by Gasteiger charge is 2.41. The number of hydrogen-bond donors (Lipinski definition) is 2. The molecule has 2 unspecified atom stereocenters. The summed E-state index contributed by atoms with van der Waals surface area (Å²) in [7, 11) is -1.77. The van der Waals surface area contributed by atoms with Gasteiger partial charge in [-0.3, -0.25) is 9.19 Å². The molecule has 0 fully saturated rings. The van der Waals surface area contributed by atoms with Crippen LogP contribution in [0.2, 0.25) is 10.0 Å². The molecule has 3 atom stereocenters. The Morgan fingerprint density at radius 3 is 2.27 bits per heavy atom. The van der Waals surface area contributed by atoms with Crippen LogP contribution in [0.25, 0.3) is 11.1 Å². The van der Waals surface area contributed by atoms with Gasteiger partial charge in [0.2, 0.25) is 0 Å². The summed E-state index contributed by atoms with van der Waals surface area (Å²) in [4.78, 5) is 27.2. The lowest BCUT2D eigenvalue weighted by Crippen LogP contribution is -2.44. The summed E-state index contributed by atoms with van der Waals surface area (Å²) in [6, 6.07) is 6.06. The largest absolute Gasteiger partial charge is 0.480 e. The molecule has 1 aromatic heterocycles. The third-order valence-electron chi connectivity index (χ3n) is 5.04. The molecule has 0 saturated heterocycles. The van der Waals surface area contributed by atoms with E-state index in [1.165, 1.54) is 24.4 Å². The minimum Gasteiger partial charge on any atom is -0.480 e. The SMILES string of the molecule is CC(C)(C)OC(=O)NC(CC[S@@](=O)CCC(c1ccc(-c2ccc(Cl)cc2Cl)cn1)C(F)(F)F)C(=O)O. The predicted octanol–water partition coefficient (Wildman–Crippen LogP) is 6.21. The third kappa shape index (κ3) is 10.1. The molecule has 0 saturated carbocycles. The van der Waals surface area contributed by atoms with Gasteiger partial charge in [0.1, 0.15) is 11.6 Å². The summed E-state index contributed by atoms with van der Waals surface area (Å²) in [5.74, 6) is -3.91. The van der Waals surface area contributed by atoms with E-state index in [-0.39, 0.29) is 23.6 Å². The number of pyridine rings is 1. The lowest BCUT2D eigenvalue weighted by molar-refractivity contribution is -0.151. The van der Waals surface area contributed by atoms with Crippen molar-refractivity contribution in [2.45, 2.75) is 57.3 Å². The van der Waals surface area contributed by atoms with E-state index in [1.54, 1.807) is 32.9 Å². The highest BCUT2D eigenvalue weighted by molar-refractivity contribution is 7.84. The van der Waals surface area contributed by atoms with Crippen molar-refractivity contribution in [3.63, 3.8) is 0 Å². The molecule has 1 aromatic carbocycles. The van der Waals surface area contributed by atoms with Gasteiger partial charge in [-0.2, -0.15) is 13.2 Å². The molecule has 204 valence electrons. The Bertz CT molecular complexity index is 1120. The summed E-state index contributed by atoms with van der Waals surface area (Å²) in [5.41, 5.74) is -0.0289. The highest BCUT2D eigenvalue weighted by atomic mass is 35.5. The number of aliphatic carboxylic acids is 1. The second-order valence-corrected chi connectivity index (χ2v) is 11.7. The predicted molar refractivity (Wildman–Crippen MR) is 136 cm³/mol. The van der Waals surface area contributed by atoms with Crippen LogP contribution in [-0.4, -0.2) is 55.7 Å². The first-order chi connectivity index (χ1) is 17.1. The number of carboxylic acid groups (broad SMARTS) is 1. The van der Waals surface area contributed by atoms with Gasteiger partial charge in [0.15, 0.2) is 0 Å². The van der Waals surface area contributed by atoms with Gasteiger partial charge < -0.3 is 15.2 Å². The van der Waals surface area contributed by atoms with Crippen molar-refractivity contribution < 1.29 is 36.8 Å². The number of alkyl carbamates (subject to hydrolysis) is 1. The van der Waals surface area contributed by atoms with Gasteiger partial charge in [-0.05, 0) is 51.8 Å². The van der Waals surface area contributed by atoms with E-state index in [4.69, 9.17) is 27.9 Å². The fraction of sp³-hybridized carbons (Fsp3) is 0.458. The first kappa shape index (κ1) is 30.9. The van der Waals surface area contributed by atoms with Crippen LogP contribution in [0, 0.1) is 0 Å². The summed E-state index contributed by atoms with van der Waals surface area (Å²) in [6.45, 7) is 4.80. The van der Waals surface area contributed by atoms with E-state index < -0.39 is 53.0 Å². The number of hydrogen-bond acceptors (Lipinski definition) is 5. The number of carbonyl (C=O) groups is 2. The van der Waals surface area contributed by atoms with Gasteiger partial charge in [-0.25, -0.2) is 9.59 Å². The average molecular weight is 583 g/mol. The maximum atomic E-state index is 13.8. The molecule has 0 aliphatic carbocycles. The van der Waals surface area contributed by atoms with Gasteiger partial charge in [0.25, 0.3) is 0 Å². The van der Waals surface area contributed by atoms with E-state index in [9.17, 15) is 32.1 Å². The fourth-order valence-corrected chi connectivity index (χ4v) is 5.00. The molecule has 2 N–H and O–H groups in total. The standard InChI is InChI=1S/C24H27Cl2F3N2O5S/c1-23(2,3)36-22(34)31-20(21(32)33)9-11-37(35)10-8-17(24(27,28)29)19-7-4-14(13-30-19)16-6-5-15(25)12-18(16)26/h4-7,12-13,17,20H,8-11H2,1-3H3,(H,31,34)(H,32,33)/t17?,20?,37-/m0/s1. The van der Waals surface area contributed by atoms with Gasteiger partial charge >= 0.3 is 18.2 Å². The normalized spacial score (nSPS) is 14.5. The maximum absolute atomic E-state index is 13.8. The Labute approximate surface area is 225 Å². The van der Waals surface area contributed by atoms with Crippen molar-refractivity contribution in [2.75, 3.05) is 11.5 Å². The van der Waals surface area contributed by atoms with Crippen LogP contribution in [0.4, 0.5) is 18.0 Å². The minimum atomic E-state index is -4.64. The molecule has 13 heteroatoms. The molecule has 2 aromatic rings. The van der Waals surface area contributed by atoms with Crippen LogP contribution in [0.5, 0.6) is 0 Å². The molecule has 0 aliphatic rings. The molecule has 7 nitrogen and oxygen atoms in total. The fourth-order valence-electron chi connectivity index (χ4n) is 3.28. The summed E-state index contributed by atoms with van der Waals surface area (Å²) in [5, 5.41) is 12.2. The monoisotopic (exact) mass is 582 g/mol. The van der Waals surface area contributed by atoms with Crippen molar-refractivity contribution >= 4 is 46.1 Å². The Hall–Kier alpha value is -2.37. The van der Waals surface area contributed by atoms with E-state index in [2.05, 4.69) is 10.3 Å². The number of rotatable bonds is 10. The zero-order chi connectivity index (χ0) is 28.0.